The summed E-state index contributed by atoms with van der Waals surface area (Å²) in [6.07, 6.45) is 0. The van der Waals surface area contributed by atoms with Crippen LogP contribution in [0.3, 0.4) is 0 Å². The highest BCUT2D eigenvalue weighted by atomic mass is 79.9. The third-order valence-electron chi connectivity index (χ3n) is 2.66. The van der Waals surface area contributed by atoms with Crippen LogP contribution in [0, 0.1) is 11.3 Å². The Kier molecular flexibility index (Phi) is 3.78. The summed E-state index contributed by atoms with van der Waals surface area (Å²) in [4.78, 5) is 2.31. The molecule has 0 spiro atoms. The molecular weight excluding hydrogens is 284 g/mol. The topological polar surface area (TPSA) is 27.0 Å². The maximum Gasteiger partial charge on any atom is 0.101 e. The summed E-state index contributed by atoms with van der Waals surface area (Å²) in [7, 11) is 0. The molecule has 0 N–H and O–H groups in total. The molecule has 1 unspecified atom stereocenters. The van der Waals surface area contributed by atoms with E-state index in [1.54, 1.807) is 0 Å². The normalized spacial score (nSPS) is 20.6. The van der Waals surface area contributed by atoms with Gasteiger partial charge in [0, 0.05) is 28.6 Å². The van der Waals surface area contributed by atoms with Crippen molar-refractivity contribution in [2.75, 3.05) is 23.7 Å². The van der Waals surface area contributed by atoms with Crippen molar-refractivity contribution >= 4 is 33.4 Å². The highest BCUT2D eigenvalue weighted by Gasteiger charge is 2.19. The van der Waals surface area contributed by atoms with E-state index in [0.29, 0.717) is 5.25 Å². The Balaban J connectivity index is 2.31. The van der Waals surface area contributed by atoms with E-state index < -0.39 is 0 Å². The molecule has 1 fully saturated rings. The van der Waals surface area contributed by atoms with E-state index >= 15 is 0 Å². The van der Waals surface area contributed by atoms with E-state index in [2.05, 4.69) is 33.8 Å². The van der Waals surface area contributed by atoms with Crippen LogP contribution in [-0.2, 0) is 0 Å². The fraction of sp³-hybridized carbons (Fsp3) is 0.417. The molecule has 1 aliphatic heterocycles. The van der Waals surface area contributed by atoms with E-state index in [0.717, 1.165) is 34.6 Å². The second-order valence-electron chi connectivity index (χ2n) is 3.90. The average Bonchev–Trinajstić information content (AvgIpc) is 2.29. The number of hydrogen-bond acceptors (Lipinski definition) is 3. The first-order valence-electron chi connectivity index (χ1n) is 5.27. The third kappa shape index (κ3) is 2.53. The molecule has 0 saturated carbocycles. The number of hydrogen-bond donors (Lipinski definition) is 0. The molecule has 2 nitrogen and oxygen atoms in total. The van der Waals surface area contributed by atoms with Crippen LogP contribution >= 0.6 is 27.7 Å². The largest absolute Gasteiger partial charge is 0.369 e. The van der Waals surface area contributed by atoms with Gasteiger partial charge in [-0.05, 0) is 18.2 Å². The van der Waals surface area contributed by atoms with Crippen molar-refractivity contribution in [3.8, 4) is 6.07 Å². The molecule has 1 aromatic carbocycles. The maximum atomic E-state index is 9.11. The Bertz CT molecular complexity index is 428. The fourth-order valence-corrected chi connectivity index (χ4v) is 3.26. The van der Waals surface area contributed by atoms with E-state index in [-0.39, 0.29) is 0 Å². The lowest BCUT2D eigenvalue weighted by Gasteiger charge is -2.33. The van der Waals surface area contributed by atoms with Gasteiger partial charge in [-0.3, -0.25) is 0 Å². The molecule has 1 atom stereocenters. The Morgan fingerprint density at radius 2 is 2.38 bits per heavy atom. The minimum absolute atomic E-state index is 0.638. The van der Waals surface area contributed by atoms with Gasteiger partial charge in [-0.15, -0.1) is 0 Å². The second kappa shape index (κ2) is 5.11. The number of halogens is 1. The van der Waals surface area contributed by atoms with Gasteiger partial charge in [0.15, 0.2) is 0 Å². The molecule has 0 bridgehead atoms. The molecule has 84 valence electrons. The van der Waals surface area contributed by atoms with Crippen molar-refractivity contribution in [2.24, 2.45) is 0 Å². The Morgan fingerprint density at radius 3 is 3.06 bits per heavy atom. The van der Waals surface area contributed by atoms with Gasteiger partial charge in [-0.25, -0.2) is 0 Å². The first kappa shape index (κ1) is 11.8. The summed E-state index contributed by atoms with van der Waals surface area (Å²) in [5.74, 6) is 1.14. The number of nitrogens with zero attached hydrogens (tertiary/aromatic N) is 2. The van der Waals surface area contributed by atoms with Crippen LogP contribution < -0.4 is 4.90 Å². The zero-order valence-corrected chi connectivity index (χ0v) is 11.5. The highest BCUT2D eigenvalue weighted by Crippen LogP contribution is 2.28. The van der Waals surface area contributed by atoms with Crippen LogP contribution in [0.1, 0.15) is 12.5 Å². The lowest BCUT2D eigenvalue weighted by molar-refractivity contribution is 0.781. The van der Waals surface area contributed by atoms with Gasteiger partial charge in [0.2, 0.25) is 0 Å². The molecule has 1 aromatic rings. The lowest BCUT2D eigenvalue weighted by Crippen LogP contribution is -2.37. The van der Waals surface area contributed by atoms with Gasteiger partial charge >= 0.3 is 0 Å². The average molecular weight is 297 g/mol. The second-order valence-corrected chi connectivity index (χ2v) is 6.36. The predicted molar refractivity (Wildman–Crippen MR) is 73.0 cm³/mol. The van der Waals surface area contributed by atoms with Crippen LogP contribution in [0.5, 0.6) is 0 Å². The van der Waals surface area contributed by atoms with Crippen molar-refractivity contribution in [1.82, 2.24) is 0 Å². The molecule has 4 heteroatoms. The van der Waals surface area contributed by atoms with Crippen molar-refractivity contribution in [1.29, 1.82) is 5.26 Å². The lowest BCUT2D eigenvalue weighted by atomic mass is 10.1. The summed E-state index contributed by atoms with van der Waals surface area (Å²) in [5, 5.41) is 9.75. The molecule has 1 aliphatic rings. The van der Waals surface area contributed by atoms with Crippen LogP contribution in [0.4, 0.5) is 5.69 Å². The van der Waals surface area contributed by atoms with Gasteiger partial charge in [0.05, 0.1) is 11.3 Å². The van der Waals surface area contributed by atoms with Gasteiger partial charge in [-0.2, -0.15) is 17.0 Å². The van der Waals surface area contributed by atoms with Crippen molar-refractivity contribution in [3.63, 3.8) is 0 Å². The smallest absolute Gasteiger partial charge is 0.101 e. The molecule has 1 heterocycles. The third-order valence-corrected chi connectivity index (χ3v) is 4.29. The van der Waals surface area contributed by atoms with Crippen LogP contribution in [0.15, 0.2) is 22.7 Å². The SMILES string of the molecule is CC1CN(c2cc(Br)ccc2C#N)CCS1. The van der Waals surface area contributed by atoms with Crippen molar-refractivity contribution in [3.05, 3.63) is 28.2 Å². The number of benzene rings is 1. The van der Waals surface area contributed by atoms with Crippen LogP contribution in [0.2, 0.25) is 0 Å². The minimum atomic E-state index is 0.638. The molecule has 16 heavy (non-hydrogen) atoms. The fourth-order valence-electron chi connectivity index (χ4n) is 1.90. The first-order chi connectivity index (χ1) is 7.70. The molecule has 0 radical (unpaired) electrons. The molecule has 0 amide bonds. The maximum absolute atomic E-state index is 9.11. The molecular formula is C12H13BrN2S. The summed E-state index contributed by atoms with van der Waals surface area (Å²) < 4.78 is 1.03. The standard InChI is InChI=1S/C12H13BrN2S/c1-9-8-15(4-5-16-9)12-6-11(13)3-2-10(12)7-14/h2-3,6,9H,4-5,8H2,1H3. The Hall–Kier alpha value is -0.660. The zero-order chi connectivity index (χ0) is 11.5. The zero-order valence-electron chi connectivity index (χ0n) is 9.11. The van der Waals surface area contributed by atoms with E-state index in [1.165, 1.54) is 0 Å². The molecule has 2 rings (SSSR count). The van der Waals surface area contributed by atoms with Crippen LogP contribution in [0.25, 0.3) is 0 Å². The van der Waals surface area contributed by atoms with Crippen molar-refractivity contribution in [2.45, 2.75) is 12.2 Å². The molecule has 1 saturated heterocycles. The van der Waals surface area contributed by atoms with Gasteiger partial charge in [0.1, 0.15) is 6.07 Å². The molecule has 0 aliphatic carbocycles. The highest BCUT2D eigenvalue weighted by molar-refractivity contribution is 9.10. The van der Waals surface area contributed by atoms with E-state index in [9.17, 15) is 0 Å². The Morgan fingerprint density at radius 1 is 1.56 bits per heavy atom. The number of thioether (sulfide) groups is 1. The summed E-state index contributed by atoms with van der Waals surface area (Å²) in [6, 6.07) is 8.11. The minimum Gasteiger partial charge on any atom is -0.369 e. The number of nitriles is 1. The first-order valence-corrected chi connectivity index (χ1v) is 7.11. The van der Waals surface area contributed by atoms with Gasteiger partial charge in [0.25, 0.3) is 0 Å². The van der Waals surface area contributed by atoms with Crippen LogP contribution in [-0.4, -0.2) is 24.1 Å². The van der Waals surface area contributed by atoms with E-state index in [4.69, 9.17) is 5.26 Å². The van der Waals surface area contributed by atoms with E-state index in [1.807, 2.05) is 30.0 Å². The monoisotopic (exact) mass is 296 g/mol. The van der Waals surface area contributed by atoms with Crippen molar-refractivity contribution < 1.29 is 0 Å². The molecule has 0 aromatic heterocycles. The quantitative estimate of drug-likeness (QED) is 0.796. The number of rotatable bonds is 1. The summed E-state index contributed by atoms with van der Waals surface area (Å²) >= 11 is 5.46. The van der Waals surface area contributed by atoms with Gasteiger partial charge < -0.3 is 4.90 Å². The van der Waals surface area contributed by atoms with Gasteiger partial charge in [-0.1, -0.05) is 22.9 Å². The predicted octanol–water partition coefficient (Wildman–Crippen LogP) is 3.26. The number of anilines is 1. The summed E-state index contributed by atoms with van der Waals surface area (Å²) in [6.45, 7) is 4.29. The summed E-state index contributed by atoms with van der Waals surface area (Å²) in [5.41, 5.74) is 1.83. The Labute approximate surface area is 109 Å².